The summed E-state index contributed by atoms with van der Waals surface area (Å²) in [5, 5.41) is 22.6. The van der Waals surface area contributed by atoms with Crippen LogP contribution in [-0.4, -0.2) is 30.7 Å². The van der Waals surface area contributed by atoms with Gasteiger partial charge in [0.1, 0.15) is 17.5 Å². The van der Waals surface area contributed by atoms with Crippen molar-refractivity contribution in [1.29, 1.82) is 5.26 Å². The lowest BCUT2D eigenvalue weighted by atomic mass is 9.92. The van der Waals surface area contributed by atoms with Gasteiger partial charge in [-0.1, -0.05) is 13.0 Å². The van der Waals surface area contributed by atoms with Gasteiger partial charge in [-0.15, -0.1) is 12.4 Å². The van der Waals surface area contributed by atoms with Gasteiger partial charge >= 0.3 is 0 Å². The molecule has 2 fully saturated rings. The number of aliphatic hydroxyl groups is 1. The largest absolute Gasteiger partial charge is 0.393 e. The molecule has 0 unspecified atom stereocenters. The molecule has 8 heteroatoms. The first kappa shape index (κ1) is 25.2. The topological polar surface area (TPSA) is 99.7 Å². The number of halogens is 1. The molecule has 37 heavy (non-hydrogen) atoms. The molecule has 0 saturated heterocycles. The van der Waals surface area contributed by atoms with Gasteiger partial charge in [0.25, 0.3) is 0 Å². The lowest BCUT2D eigenvalue weighted by Gasteiger charge is -2.28. The highest BCUT2D eigenvalue weighted by Crippen LogP contribution is 2.42. The fourth-order valence-electron chi connectivity index (χ4n) is 5.39. The van der Waals surface area contributed by atoms with Crippen molar-refractivity contribution in [2.24, 2.45) is 0 Å². The molecule has 0 atom stereocenters. The highest BCUT2D eigenvalue weighted by molar-refractivity contribution is 5.85. The van der Waals surface area contributed by atoms with Crippen molar-refractivity contribution in [3.63, 3.8) is 0 Å². The Morgan fingerprint density at radius 1 is 1.00 bits per heavy atom. The Morgan fingerprint density at radius 3 is 2.54 bits per heavy atom. The van der Waals surface area contributed by atoms with E-state index in [1.165, 1.54) is 18.4 Å². The van der Waals surface area contributed by atoms with E-state index in [2.05, 4.69) is 58.2 Å². The minimum atomic E-state index is -0.180. The van der Waals surface area contributed by atoms with Crippen molar-refractivity contribution < 1.29 is 5.11 Å². The van der Waals surface area contributed by atoms with E-state index in [-0.39, 0.29) is 18.5 Å². The number of anilines is 2. The lowest BCUT2D eigenvalue weighted by molar-refractivity contribution is 0.111. The second kappa shape index (κ2) is 10.5. The van der Waals surface area contributed by atoms with Crippen LogP contribution in [0.25, 0.3) is 22.3 Å². The van der Waals surface area contributed by atoms with Crippen molar-refractivity contribution in [1.82, 2.24) is 19.5 Å². The first-order valence-electron chi connectivity index (χ1n) is 13.0. The average Bonchev–Trinajstić information content (AvgIpc) is 3.69. The van der Waals surface area contributed by atoms with Crippen LogP contribution in [0.3, 0.4) is 0 Å². The number of pyridine rings is 2. The maximum Gasteiger partial charge on any atom is 0.132 e. The Labute approximate surface area is 223 Å². The van der Waals surface area contributed by atoms with Crippen LogP contribution in [-0.2, 0) is 6.42 Å². The van der Waals surface area contributed by atoms with E-state index in [9.17, 15) is 10.4 Å². The number of fused-ring (bicyclic) bond motifs is 1. The van der Waals surface area contributed by atoms with E-state index in [1.807, 2.05) is 0 Å². The van der Waals surface area contributed by atoms with Crippen LogP contribution in [0.1, 0.15) is 74.4 Å². The smallest absolute Gasteiger partial charge is 0.132 e. The minimum Gasteiger partial charge on any atom is -0.393 e. The maximum atomic E-state index is 10.0. The molecule has 3 aromatic heterocycles. The molecule has 2 N–H and O–H groups in total. The van der Waals surface area contributed by atoms with E-state index >= 15 is 0 Å². The molecule has 6 rings (SSSR count). The number of aryl methyl sites for hydroxylation is 1. The van der Waals surface area contributed by atoms with Crippen molar-refractivity contribution >= 4 is 35.1 Å². The second-order valence-electron chi connectivity index (χ2n) is 10.0. The third-order valence-corrected chi connectivity index (χ3v) is 7.45. The van der Waals surface area contributed by atoms with Crippen LogP contribution in [0.2, 0.25) is 0 Å². The molecule has 4 aromatic rings. The summed E-state index contributed by atoms with van der Waals surface area (Å²) in [6, 6.07) is 16.7. The Kier molecular flexibility index (Phi) is 7.14. The van der Waals surface area contributed by atoms with Gasteiger partial charge in [-0.2, -0.15) is 5.26 Å². The van der Waals surface area contributed by atoms with E-state index in [0.29, 0.717) is 23.3 Å². The van der Waals surface area contributed by atoms with Gasteiger partial charge in [0.15, 0.2) is 0 Å². The summed E-state index contributed by atoms with van der Waals surface area (Å²) in [5.41, 5.74) is 5.98. The van der Waals surface area contributed by atoms with E-state index in [4.69, 9.17) is 9.97 Å². The lowest BCUT2D eigenvalue weighted by Crippen LogP contribution is -2.22. The van der Waals surface area contributed by atoms with Gasteiger partial charge in [0.05, 0.1) is 34.5 Å². The predicted molar refractivity (Wildman–Crippen MR) is 147 cm³/mol. The third kappa shape index (κ3) is 5.18. The molecule has 0 radical (unpaired) electrons. The third-order valence-electron chi connectivity index (χ3n) is 7.45. The highest BCUT2D eigenvalue weighted by Gasteiger charge is 2.26. The van der Waals surface area contributed by atoms with E-state index in [0.717, 1.165) is 66.0 Å². The summed E-state index contributed by atoms with van der Waals surface area (Å²) >= 11 is 0. The molecule has 2 aliphatic carbocycles. The summed E-state index contributed by atoms with van der Waals surface area (Å²) in [6.07, 6.45) is 8.36. The first-order chi connectivity index (χ1) is 17.6. The molecule has 2 saturated carbocycles. The van der Waals surface area contributed by atoms with Gasteiger partial charge in [-0.05, 0) is 86.4 Å². The summed E-state index contributed by atoms with van der Waals surface area (Å²) in [5.74, 6) is 3.02. The summed E-state index contributed by atoms with van der Waals surface area (Å²) in [4.78, 5) is 14.3. The Hall–Kier alpha value is -3.47. The zero-order valence-corrected chi connectivity index (χ0v) is 21.7. The number of benzene rings is 1. The molecule has 0 aliphatic heterocycles. The number of nitrogens with one attached hydrogen (secondary N) is 1. The Bertz CT molecular complexity index is 1460. The van der Waals surface area contributed by atoms with Gasteiger partial charge < -0.3 is 15.0 Å². The fourth-order valence-corrected chi connectivity index (χ4v) is 5.39. The number of rotatable bonds is 6. The predicted octanol–water partition coefficient (Wildman–Crippen LogP) is 6.45. The SMILES string of the molecule is CCc1nc2ccc(-c3cc(C4CC4)cc(Nc4cc(C#N)ccn4)n3)cc2n1C1CCC(O)CC1.Cl. The maximum absolute atomic E-state index is 10.0. The van der Waals surface area contributed by atoms with Gasteiger partial charge in [-0.3, -0.25) is 0 Å². The molecule has 3 heterocycles. The summed E-state index contributed by atoms with van der Waals surface area (Å²) in [6.45, 7) is 2.16. The molecular formula is C29H31ClN6O. The zero-order valence-electron chi connectivity index (χ0n) is 20.9. The van der Waals surface area contributed by atoms with Crippen LogP contribution in [0, 0.1) is 11.3 Å². The Balaban J connectivity index is 0.00000280. The average molecular weight is 515 g/mol. The highest BCUT2D eigenvalue weighted by atomic mass is 35.5. The minimum absolute atomic E-state index is 0. The van der Waals surface area contributed by atoms with Gasteiger partial charge in [0, 0.05) is 24.2 Å². The van der Waals surface area contributed by atoms with E-state index < -0.39 is 0 Å². The molecule has 0 spiro atoms. The molecular weight excluding hydrogens is 484 g/mol. The molecule has 1 aromatic carbocycles. The number of nitriles is 1. The molecule has 190 valence electrons. The van der Waals surface area contributed by atoms with Gasteiger partial charge in [-0.25, -0.2) is 15.0 Å². The van der Waals surface area contributed by atoms with Crippen LogP contribution < -0.4 is 5.32 Å². The number of hydrogen-bond acceptors (Lipinski definition) is 6. The number of nitrogens with zero attached hydrogens (tertiary/aromatic N) is 5. The normalized spacial score (nSPS) is 19.3. The summed E-state index contributed by atoms with van der Waals surface area (Å²) < 4.78 is 2.41. The number of aromatic nitrogens is 4. The molecule has 7 nitrogen and oxygen atoms in total. The number of imidazole rings is 1. The summed E-state index contributed by atoms with van der Waals surface area (Å²) in [7, 11) is 0. The number of aliphatic hydroxyl groups excluding tert-OH is 1. The van der Waals surface area contributed by atoms with Crippen molar-refractivity contribution in [3.05, 3.63) is 65.6 Å². The van der Waals surface area contributed by atoms with Gasteiger partial charge in [0.2, 0.25) is 0 Å². The van der Waals surface area contributed by atoms with E-state index in [1.54, 1.807) is 18.3 Å². The standard InChI is InChI=1S/C29H30N6O.ClH/c1-2-29-33-24-10-5-20(15-26(24)35(29)22-6-8-23(36)9-7-22)25-14-21(19-3-4-19)16-28(32-25)34-27-13-18(17-30)11-12-31-27;/h5,10-16,19,22-23,36H,2-4,6-9H2,1H3,(H,31,32,34);1H. The first-order valence-corrected chi connectivity index (χ1v) is 13.0. The molecule has 2 aliphatic rings. The quantitative estimate of drug-likeness (QED) is 0.307. The van der Waals surface area contributed by atoms with Crippen LogP contribution in [0.4, 0.5) is 11.6 Å². The van der Waals surface area contributed by atoms with Crippen LogP contribution in [0.15, 0.2) is 48.7 Å². The van der Waals surface area contributed by atoms with Crippen LogP contribution >= 0.6 is 12.4 Å². The zero-order chi connectivity index (χ0) is 24.6. The van der Waals surface area contributed by atoms with Crippen molar-refractivity contribution in [2.75, 3.05) is 5.32 Å². The monoisotopic (exact) mass is 514 g/mol. The molecule has 0 bridgehead atoms. The molecule has 0 amide bonds. The van der Waals surface area contributed by atoms with Crippen molar-refractivity contribution in [2.45, 2.75) is 69.9 Å². The Morgan fingerprint density at radius 2 is 1.81 bits per heavy atom. The number of hydrogen-bond donors (Lipinski definition) is 2. The van der Waals surface area contributed by atoms with Crippen LogP contribution in [0.5, 0.6) is 0 Å². The fraction of sp³-hybridized carbons (Fsp3) is 0.379. The second-order valence-corrected chi connectivity index (χ2v) is 10.0. The van der Waals surface area contributed by atoms with Crippen molar-refractivity contribution in [3.8, 4) is 17.3 Å².